The Morgan fingerprint density at radius 2 is 2.18 bits per heavy atom. The first kappa shape index (κ1) is 10.2. The van der Waals surface area contributed by atoms with Crippen molar-refractivity contribution in [3.63, 3.8) is 0 Å². The summed E-state index contributed by atoms with van der Waals surface area (Å²) in [5.41, 5.74) is 0. The Balaban J connectivity index is 3.39. The van der Waals surface area contributed by atoms with E-state index < -0.39 is 0 Å². The van der Waals surface area contributed by atoms with E-state index in [1.54, 1.807) is 6.92 Å². The number of aliphatic hydroxyl groups excluding tert-OH is 1. The van der Waals surface area contributed by atoms with Gasteiger partial charge in [0.1, 0.15) is 5.78 Å². The van der Waals surface area contributed by atoms with Crippen LogP contribution in [0.2, 0.25) is 0 Å². The number of hydrogen-bond acceptors (Lipinski definition) is 2. The molecule has 0 spiro atoms. The fourth-order valence-electron chi connectivity index (χ4n) is 0.824. The van der Waals surface area contributed by atoms with Crippen LogP contribution in [0.25, 0.3) is 0 Å². The number of aliphatic hydroxyl groups is 1. The molecule has 1 N–H and O–H groups in total. The Hall–Kier alpha value is -0.790. The second-order valence-electron chi connectivity index (χ2n) is 2.99. The summed E-state index contributed by atoms with van der Waals surface area (Å²) < 4.78 is 0. The normalized spacial score (nSPS) is 12.5. The minimum Gasteiger partial charge on any atom is -0.513 e. The van der Waals surface area contributed by atoms with E-state index in [1.807, 2.05) is 6.92 Å². The minimum absolute atomic E-state index is 0.120. The lowest BCUT2D eigenvalue weighted by molar-refractivity contribution is -0.117. The molecule has 2 nitrogen and oxygen atoms in total. The number of rotatable bonds is 5. The molecule has 11 heavy (non-hydrogen) atoms. The molecule has 0 amide bonds. The second-order valence-corrected chi connectivity index (χ2v) is 2.99. The lowest BCUT2D eigenvalue weighted by Gasteiger charge is -2.07. The van der Waals surface area contributed by atoms with E-state index in [0.29, 0.717) is 6.42 Å². The van der Waals surface area contributed by atoms with Gasteiger partial charge in [0, 0.05) is 12.3 Å². The van der Waals surface area contributed by atoms with Gasteiger partial charge in [0.25, 0.3) is 0 Å². The number of carbonyl (C=O) groups excluding carboxylic acids is 1. The summed E-state index contributed by atoms with van der Waals surface area (Å²) >= 11 is 0. The van der Waals surface area contributed by atoms with Crippen LogP contribution in [0.5, 0.6) is 0 Å². The highest BCUT2D eigenvalue weighted by atomic mass is 16.3. The smallest absolute Gasteiger partial charge is 0.129 e. The second kappa shape index (κ2) is 4.94. The fraction of sp³-hybridized carbons (Fsp3) is 0.667. The topological polar surface area (TPSA) is 37.3 Å². The Bertz CT molecular complexity index is 150. The van der Waals surface area contributed by atoms with Crippen molar-refractivity contribution in [3.05, 3.63) is 12.3 Å². The molecule has 0 aliphatic carbocycles. The number of Topliss-reactive ketones (excluding diaryl/α,β-unsaturated/α-hetero) is 1. The molecule has 0 aromatic carbocycles. The first-order chi connectivity index (χ1) is 5.04. The summed E-state index contributed by atoms with van der Waals surface area (Å²) in [6.07, 6.45) is 2.29. The monoisotopic (exact) mass is 156 g/mol. The van der Waals surface area contributed by atoms with Crippen LogP contribution in [-0.4, -0.2) is 10.9 Å². The molecule has 0 aliphatic rings. The molecule has 64 valence electrons. The zero-order valence-corrected chi connectivity index (χ0v) is 7.26. The van der Waals surface area contributed by atoms with Gasteiger partial charge < -0.3 is 9.90 Å². The Morgan fingerprint density at radius 3 is 2.55 bits per heavy atom. The molecule has 0 radical (unpaired) electrons. The van der Waals surface area contributed by atoms with Gasteiger partial charge in [-0.25, -0.2) is 0 Å². The van der Waals surface area contributed by atoms with Crippen LogP contribution in [0.3, 0.4) is 0 Å². The van der Waals surface area contributed by atoms with E-state index >= 15 is 0 Å². The third kappa shape index (κ3) is 5.64. The summed E-state index contributed by atoms with van der Waals surface area (Å²) in [5, 5.41) is 8.91. The van der Waals surface area contributed by atoms with E-state index in [9.17, 15) is 4.79 Å². The van der Waals surface area contributed by atoms with Crippen LogP contribution in [-0.2, 0) is 4.79 Å². The summed E-state index contributed by atoms with van der Waals surface area (Å²) in [6.45, 7) is 6.91. The number of hydrogen-bond donors (Lipinski definition) is 1. The number of ketones is 1. The molecule has 2 heteroatoms. The van der Waals surface area contributed by atoms with E-state index in [0.717, 1.165) is 12.8 Å². The molecular weight excluding hydrogens is 140 g/mol. The maximum atomic E-state index is 10.5. The Morgan fingerprint density at radius 1 is 1.64 bits per heavy atom. The van der Waals surface area contributed by atoms with Gasteiger partial charge in [-0.3, -0.25) is 0 Å². The van der Waals surface area contributed by atoms with Crippen LogP contribution in [0, 0.1) is 5.92 Å². The van der Waals surface area contributed by atoms with Gasteiger partial charge in [0.2, 0.25) is 0 Å². The highest BCUT2D eigenvalue weighted by molar-refractivity contribution is 5.75. The quantitative estimate of drug-likeness (QED) is 0.621. The van der Waals surface area contributed by atoms with Crippen molar-refractivity contribution in [1.29, 1.82) is 0 Å². The van der Waals surface area contributed by atoms with Crippen molar-refractivity contribution >= 4 is 5.78 Å². The highest BCUT2D eigenvalue weighted by Crippen LogP contribution is 2.13. The molecule has 0 saturated carbocycles. The van der Waals surface area contributed by atoms with Crippen LogP contribution in [0.4, 0.5) is 0 Å². The van der Waals surface area contributed by atoms with Crippen LogP contribution in [0.1, 0.15) is 33.1 Å². The molecule has 0 aliphatic heterocycles. The molecule has 0 aromatic rings. The van der Waals surface area contributed by atoms with Crippen molar-refractivity contribution in [1.82, 2.24) is 0 Å². The molecular formula is C9H16O2. The van der Waals surface area contributed by atoms with Crippen molar-refractivity contribution in [3.8, 4) is 0 Å². The molecule has 0 rings (SSSR count). The molecule has 0 unspecified atom stereocenters. The van der Waals surface area contributed by atoms with Gasteiger partial charge in [0.05, 0.1) is 5.76 Å². The SMILES string of the molecule is C=C(O)[C@H](C)CCCC(C)=O. The number of carbonyl (C=O) groups is 1. The van der Waals surface area contributed by atoms with Crippen LogP contribution >= 0.6 is 0 Å². The van der Waals surface area contributed by atoms with Gasteiger partial charge in [-0.2, -0.15) is 0 Å². The third-order valence-corrected chi connectivity index (χ3v) is 1.73. The van der Waals surface area contributed by atoms with Crippen LogP contribution < -0.4 is 0 Å². The van der Waals surface area contributed by atoms with Crippen molar-refractivity contribution in [2.75, 3.05) is 0 Å². The lowest BCUT2D eigenvalue weighted by atomic mass is 10.0. The number of allylic oxidation sites excluding steroid dienone is 1. The van der Waals surface area contributed by atoms with Crippen molar-refractivity contribution in [2.24, 2.45) is 5.92 Å². The zero-order chi connectivity index (χ0) is 8.85. The van der Waals surface area contributed by atoms with E-state index in [4.69, 9.17) is 5.11 Å². The van der Waals surface area contributed by atoms with Gasteiger partial charge in [-0.1, -0.05) is 13.5 Å². The largest absolute Gasteiger partial charge is 0.513 e. The minimum atomic E-state index is 0.120. The highest BCUT2D eigenvalue weighted by Gasteiger charge is 2.04. The average Bonchev–Trinajstić information content (AvgIpc) is 1.86. The predicted molar refractivity (Wildman–Crippen MR) is 45.5 cm³/mol. The van der Waals surface area contributed by atoms with E-state index in [-0.39, 0.29) is 17.5 Å². The Labute approximate surface area is 67.9 Å². The summed E-state index contributed by atoms with van der Waals surface area (Å²) in [5.74, 6) is 0.545. The molecule has 0 saturated heterocycles. The zero-order valence-electron chi connectivity index (χ0n) is 7.26. The van der Waals surface area contributed by atoms with Crippen LogP contribution in [0.15, 0.2) is 12.3 Å². The fourth-order valence-corrected chi connectivity index (χ4v) is 0.824. The maximum absolute atomic E-state index is 10.5. The molecule has 0 bridgehead atoms. The van der Waals surface area contributed by atoms with Gasteiger partial charge in [-0.15, -0.1) is 0 Å². The maximum Gasteiger partial charge on any atom is 0.129 e. The Kier molecular flexibility index (Phi) is 4.59. The average molecular weight is 156 g/mol. The molecule has 0 heterocycles. The van der Waals surface area contributed by atoms with E-state index in [2.05, 4.69) is 6.58 Å². The first-order valence-electron chi connectivity index (χ1n) is 3.91. The molecule has 1 atom stereocenters. The third-order valence-electron chi connectivity index (χ3n) is 1.73. The lowest BCUT2D eigenvalue weighted by Crippen LogP contribution is -1.99. The molecule has 0 aromatic heterocycles. The first-order valence-corrected chi connectivity index (χ1v) is 3.91. The summed E-state index contributed by atoms with van der Waals surface area (Å²) in [6, 6.07) is 0. The predicted octanol–water partition coefficient (Wildman–Crippen LogP) is 2.45. The standard InChI is InChI=1S/C9H16O2/c1-7(9(3)11)5-4-6-8(2)10/h7,11H,3-6H2,1-2H3/t7-/m1/s1. The van der Waals surface area contributed by atoms with Gasteiger partial charge >= 0.3 is 0 Å². The van der Waals surface area contributed by atoms with Crippen molar-refractivity contribution < 1.29 is 9.90 Å². The van der Waals surface area contributed by atoms with Gasteiger partial charge in [-0.05, 0) is 19.8 Å². The molecule has 0 fully saturated rings. The van der Waals surface area contributed by atoms with Gasteiger partial charge in [0.15, 0.2) is 0 Å². The van der Waals surface area contributed by atoms with Crippen molar-refractivity contribution in [2.45, 2.75) is 33.1 Å². The van der Waals surface area contributed by atoms with E-state index in [1.165, 1.54) is 0 Å². The summed E-state index contributed by atoms with van der Waals surface area (Å²) in [4.78, 5) is 10.5. The summed E-state index contributed by atoms with van der Waals surface area (Å²) in [7, 11) is 0.